The van der Waals surface area contributed by atoms with E-state index < -0.39 is 21.9 Å². The van der Waals surface area contributed by atoms with Crippen LogP contribution in [0.1, 0.15) is 26.3 Å². The molecule has 7 nitrogen and oxygen atoms in total. The van der Waals surface area contributed by atoms with Gasteiger partial charge in [0.2, 0.25) is 10.0 Å². The van der Waals surface area contributed by atoms with Crippen LogP contribution in [0.5, 0.6) is 0 Å². The second-order valence-electron chi connectivity index (χ2n) is 6.65. The number of sulfonamides is 1. The number of amides is 1. The van der Waals surface area contributed by atoms with Gasteiger partial charge in [0, 0.05) is 12.2 Å². The summed E-state index contributed by atoms with van der Waals surface area (Å²) in [5, 5.41) is 2.66. The van der Waals surface area contributed by atoms with E-state index in [1.807, 2.05) is 30.3 Å². The van der Waals surface area contributed by atoms with E-state index in [9.17, 15) is 18.0 Å². The normalized spacial score (nSPS) is 11.0. The third kappa shape index (κ3) is 5.78. The molecule has 0 radical (unpaired) electrons. The topological polar surface area (TPSA) is 102 Å². The number of anilines is 1. The first-order valence-corrected chi connectivity index (χ1v) is 11.0. The van der Waals surface area contributed by atoms with Gasteiger partial charge in [-0.05, 0) is 48.4 Å². The Kier molecular flexibility index (Phi) is 7.17. The molecule has 0 heterocycles. The van der Waals surface area contributed by atoms with Crippen molar-refractivity contribution < 1.29 is 22.7 Å². The predicted octanol–water partition coefficient (Wildman–Crippen LogP) is 3.25. The molecule has 8 heteroatoms. The van der Waals surface area contributed by atoms with Crippen molar-refractivity contribution in [2.45, 2.75) is 11.3 Å². The highest BCUT2D eigenvalue weighted by atomic mass is 32.2. The van der Waals surface area contributed by atoms with Gasteiger partial charge in [0.25, 0.3) is 5.91 Å². The van der Waals surface area contributed by atoms with Crippen molar-refractivity contribution in [2.75, 3.05) is 19.0 Å². The minimum absolute atomic E-state index is 0.0912. The maximum absolute atomic E-state index is 12.6. The average molecular weight is 439 g/mol. The molecule has 3 aromatic rings. The van der Waals surface area contributed by atoms with Crippen LogP contribution in [0, 0.1) is 0 Å². The Balaban J connectivity index is 1.65. The molecule has 0 aliphatic carbocycles. The highest BCUT2D eigenvalue weighted by Crippen LogP contribution is 2.17. The van der Waals surface area contributed by atoms with Crippen molar-refractivity contribution in [3.63, 3.8) is 0 Å². The molecule has 0 unspecified atom stereocenters. The number of methoxy groups -OCH3 is 1. The van der Waals surface area contributed by atoms with Gasteiger partial charge in [-0.3, -0.25) is 4.79 Å². The molecule has 3 rings (SSSR count). The zero-order valence-corrected chi connectivity index (χ0v) is 17.7. The molecular formula is C23H22N2O5S. The summed E-state index contributed by atoms with van der Waals surface area (Å²) in [4.78, 5) is 24.5. The number of carbonyl (C=O) groups is 2. The quantitative estimate of drug-likeness (QED) is 0.526. The minimum Gasteiger partial charge on any atom is -0.465 e. The SMILES string of the molecule is COC(=O)c1ccccc1C(=O)Nc1ccc(S(=O)(=O)NCCc2ccccc2)cc1. The van der Waals surface area contributed by atoms with E-state index in [1.165, 1.54) is 43.5 Å². The highest BCUT2D eigenvalue weighted by molar-refractivity contribution is 7.89. The van der Waals surface area contributed by atoms with Crippen molar-refractivity contribution in [2.24, 2.45) is 0 Å². The van der Waals surface area contributed by atoms with E-state index in [0.717, 1.165) is 5.56 Å². The van der Waals surface area contributed by atoms with Crippen molar-refractivity contribution in [1.29, 1.82) is 0 Å². The van der Waals surface area contributed by atoms with Crippen LogP contribution >= 0.6 is 0 Å². The van der Waals surface area contributed by atoms with E-state index in [0.29, 0.717) is 12.1 Å². The van der Waals surface area contributed by atoms with Crippen LogP contribution in [-0.4, -0.2) is 33.9 Å². The van der Waals surface area contributed by atoms with Crippen LogP contribution in [0.15, 0.2) is 83.8 Å². The van der Waals surface area contributed by atoms with Gasteiger partial charge in [0.15, 0.2) is 0 Å². The Bertz CT molecular complexity index is 1160. The highest BCUT2D eigenvalue weighted by Gasteiger charge is 2.18. The molecule has 1 amide bonds. The summed E-state index contributed by atoms with van der Waals surface area (Å²) in [6.45, 7) is 0.273. The third-order valence-electron chi connectivity index (χ3n) is 4.55. The molecule has 160 valence electrons. The van der Waals surface area contributed by atoms with Crippen molar-refractivity contribution >= 4 is 27.6 Å². The third-order valence-corrected chi connectivity index (χ3v) is 6.02. The summed E-state index contributed by atoms with van der Waals surface area (Å²) >= 11 is 0. The van der Waals surface area contributed by atoms with Crippen LogP contribution in [0.2, 0.25) is 0 Å². The molecule has 0 atom stereocenters. The molecule has 31 heavy (non-hydrogen) atoms. The zero-order chi connectivity index (χ0) is 22.3. The Morgan fingerprint density at radius 1 is 0.839 bits per heavy atom. The minimum atomic E-state index is -3.67. The van der Waals surface area contributed by atoms with Crippen LogP contribution in [-0.2, 0) is 21.2 Å². The number of esters is 1. The Hall–Kier alpha value is -3.49. The fourth-order valence-electron chi connectivity index (χ4n) is 2.94. The second kappa shape index (κ2) is 10.0. The molecule has 0 bridgehead atoms. The first-order valence-electron chi connectivity index (χ1n) is 9.53. The second-order valence-corrected chi connectivity index (χ2v) is 8.42. The van der Waals surface area contributed by atoms with Gasteiger partial charge in [-0.1, -0.05) is 42.5 Å². The molecule has 0 spiro atoms. The summed E-state index contributed by atoms with van der Waals surface area (Å²) in [6, 6.07) is 21.7. The number of hydrogen-bond acceptors (Lipinski definition) is 5. The smallest absolute Gasteiger partial charge is 0.338 e. The Morgan fingerprint density at radius 2 is 1.45 bits per heavy atom. The van der Waals surface area contributed by atoms with Gasteiger partial charge in [0.05, 0.1) is 23.1 Å². The van der Waals surface area contributed by atoms with Crippen molar-refractivity contribution in [3.05, 3.63) is 95.6 Å². The standard InChI is InChI=1S/C23H22N2O5S/c1-30-23(27)21-10-6-5-9-20(21)22(26)25-18-11-13-19(14-12-18)31(28,29)24-16-15-17-7-3-2-4-8-17/h2-14,24H,15-16H2,1H3,(H,25,26). The maximum atomic E-state index is 12.6. The monoisotopic (exact) mass is 438 g/mol. The summed E-state index contributed by atoms with van der Waals surface area (Å²) < 4.78 is 32.2. The molecular weight excluding hydrogens is 416 g/mol. The van der Waals surface area contributed by atoms with E-state index in [-0.39, 0.29) is 22.6 Å². The van der Waals surface area contributed by atoms with Gasteiger partial charge in [-0.25, -0.2) is 17.9 Å². The molecule has 3 aromatic carbocycles. The number of carbonyl (C=O) groups excluding carboxylic acids is 2. The van der Waals surface area contributed by atoms with E-state index in [2.05, 4.69) is 10.0 Å². The lowest BCUT2D eigenvalue weighted by Gasteiger charge is -2.10. The molecule has 0 saturated heterocycles. The van der Waals surface area contributed by atoms with Gasteiger partial charge >= 0.3 is 5.97 Å². The number of nitrogens with one attached hydrogen (secondary N) is 2. The van der Waals surface area contributed by atoms with E-state index >= 15 is 0 Å². The molecule has 0 fully saturated rings. The van der Waals surface area contributed by atoms with Crippen LogP contribution in [0.3, 0.4) is 0 Å². The maximum Gasteiger partial charge on any atom is 0.338 e. The first kappa shape index (κ1) is 22.2. The molecule has 0 aliphatic heterocycles. The lowest BCUT2D eigenvalue weighted by atomic mass is 10.1. The number of rotatable bonds is 8. The zero-order valence-electron chi connectivity index (χ0n) is 16.9. The number of ether oxygens (including phenoxy) is 1. The fourth-order valence-corrected chi connectivity index (χ4v) is 3.97. The number of hydrogen-bond donors (Lipinski definition) is 2. The van der Waals surface area contributed by atoms with Gasteiger partial charge in [0.1, 0.15) is 0 Å². The molecule has 2 N–H and O–H groups in total. The van der Waals surface area contributed by atoms with Crippen LogP contribution in [0.4, 0.5) is 5.69 Å². The first-order chi connectivity index (χ1) is 14.9. The van der Waals surface area contributed by atoms with E-state index in [4.69, 9.17) is 4.74 Å². The Labute approximate surface area is 181 Å². The van der Waals surface area contributed by atoms with Gasteiger partial charge < -0.3 is 10.1 Å². The van der Waals surface area contributed by atoms with Gasteiger partial charge in [-0.2, -0.15) is 0 Å². The fraction of sp³-hybridized carbons (Fsp3) is 0.130. The Morgan fingerprint density at radius 3 is 2.10 bits per heavy atom. The average Bonchev–Trinajstić information content (AvgIpc) is 2.79. The molecule has 0 aromatic heterocycles. The van der Waals surface area contributed by atoms with Crippen LogP contribution < -0.4 is 10.0 Å². The van der Waals surface area contributed by atoms with Gasteiger partial charge in [-0.15, -0.1) is 0 Å². The number of benzene rings is 3. The largest absolute Gasteiger partial charge is 0.465 e. The van der Waals surface area contributed by atoms with E-state index in [1.54, 1.807) is 12.1 Å². The lowest BCUT2D eigenvalue weighted by Crippen LogP contribution is -2.26. The molecule has 0 aliphatic rings. The summed E-state index contributed by atoms with van der Waals surface area (Å²) in [5.41, 5.74) is 1.74. The summed E-state index contributed by atoms with van der Waals surface area (Å²) in [6.07, 6.45) is 0.577. The van der Waals surface area contributed by atoms with Crippen LogP contribution in [0.25, 0.3) is 0 Å². The summed E-state index contributed by atoms with van der Waals surface area (Å²) in [7, 11) is -2.43. The predicted molar refractivity (Wildman–Crippen MR) is 118 cm³/mol. The van der Waals surface area contributed by atoms with Crippen molar-refractivity contribution in [3.8, 4) is 0 Å². The molecule has 0 saturated carbocycles. The summed E-state index contributed by atoms with van der Waals surface area (Å²) in [5.74, 6) is -1.12. The lowest BCUT2D eigenvalue weighted by molar-refractivity contribution is 0.0597. The van der Waals surface area contributed by atoms with Crippen molar-refractivity contribution in [1.82, 2.24) is 4.72 Å².